The van der Waals surface area contributed by atoms with E-state index in [9.17, 15) is 29.1 Å². The zero-order valence-corrected chi connectivity index (χ0v) is 29.2. The Balaban J connectivity index is 0.00000480. The molecule has 2 atom stereocenters. The van der Waals surface area contributed by atoms with Crippen LogP contribution in [-0.2, 0) is 30.7 Å². The quantitative estimate of drug-likeness (QED) is 0.0433. The Kier molecular flexibility index (Phi) is 11.5. The zero-order valence-electron chi connectivity index (χ0n) is 24.8. The Morgan fingerprint density at radius 1 is 1.22 bits per heavy atom. The molecule has 5 rings (SSSR count). The van der Waals surface area contributed by atoms with Crippen LogP contribution in [0.4, 0.5) is 10.8 Å². The number of aromatic nitrogens is 2. The first kappa shape index (κ1) is 35.4. The number of carbonyl (C=O) groups excluding carboxylic acids is 3. The molecule has 20 heteroatoms. The first-order chi connectivity index (χ1) is 21.5. The van der Waals surface area contributed by atoms with Gasteiger partial charge in [-0.05, 0) is 23.3 Å². The van der Waals surface area contributed by atoms with Gasteiger partial charge in [-0.25, -0.2) is 0 Å². The Morgan fingerprint density at radius 2 is 1.93 bits per heavy atom. The van der Waals surface area contributed by atoms with Crippen LogP contribution in [0.5, 0.6) is 5.75 Å². The van der Waals surface area contributed by atoms with Crippen LogP contribution in [0.25, 0.3) is 0 Å². The molecule has 3 N–H and O–H groups in total. The number of β-lactam (4-membered cyclic amide) rings is 1. The molecule has 0 saturated carbocycles. The summed E-state index contributed by atoms with van der Waals surface area (Å²) >= 11 is 3.01. The second-order valence-corrected chi connectivity index (χ2v) is 12.3. The van der Waals surface area contributed by atoms with Gasteiger partial charge in [-0.1, -0.05) is 17.3 Å². The van der Waals surface area contributed by atoms with Crippen molar-refractivity contribution in [2.75, 3.05) is 43.6 Å². The van der Waals surface area contributed by atoms with E-state index < -0.39 is 40.1 Å². The molecule has 0 radical (unpaired) electrons. The molecule has 0 aliphatic carbocycles. The van der Waals surface area contributed by atoms with Crippen LogP contribution < -0.4 is 66.4 Å². The van der Waals surface area contributed by atoms with Crippen molar-refractivity contribution in [3.63, 3.8) is 0 Å². The molecule has 16 nitrogen and oxygen atoms in total. The largest absolute Gasteiger partial charge is 1.00 e. The number of carbonyl (C=O) groups is 3. The third kappa shape index (κ3) is 6.94. The monoisotopic (exact) mass is 697 g/mol. The van der Waals surface area contributed by atoms with Gasteiger partial charge in [0.1, 0.15) is 30.0 Å². The SMILES string of the molecule is CO/N=C(\C(=O)N[C@@H]1C(=O)N2C(C(=O)[O-])=C(CSc3c(N(C)OCc4ccc(OC)cc4)c(=O)c3=O)CS[C@H]12)c1nsc(N)n1.[Na+]. The van der Waals surface area contributed by atoms with Crippen LogP contribution in [-0.4, -0.2) is 81.9 Å². The molecule has 0 spiro atoms. The van der Waals surface area contributed by atoms with Crippen LogP contribution in [0.2, 0.25) is 0 Å². The van der Waals surface area contributed by atoms with E-state index in [1.165, 1.54) is 31.0 Å². The molecule has 1 fully saturated rings. The fourth-order valence-corrected chi connectivity index (χ4v) is 7.54. The van der Waals surface area contributed by atoms with E-state index in [2.05, 4.69) is 19.8 Å². The van der Waals surface area contributed by atoms with Gasteiger partial charge in [-0.15, -0.1) is 23.5 Å². The molecule has 236 valence electrons. The summed E-state index contributed by atoms with van der Waals surface area (Å²) in [5, 5.41) is 18.9. The minimum absolute atomic E-state index is 0. The number of fused-ring (bicyclic) bond motifs is 1. The summed E-state index contributed by atoms with van der Waals surface area (Å²) in [6.07, 6.45) is 0. The second-order valence-electron chi connectivity index (χ2n) is 9.42. The molecule has 2 aromatic carbocycles. The van der Waals surface area contributed by atoms with E-state index >= 15 is 0 Å². The molecule has 46 heavy (non-hydrogen) atoms. The number of nitrogens with zero attached hydrogens (tertiary/aromatic N) is 5. The van der Waals surface area contributed by atoms with Crippen LogP contribution in [0.15, 0.2) is 55.2 Å². The van der Waals surface area contributed by atoms with Crippen molar-refractivity contribution >= 4 is 69.4 Å². The number of nitrogen functional groups attached to an aromatic ring is 1. The number of benzene rings is 1. The van der Waals surface area contributed by atoms with E-state index in [-0.39, 0.29) is 80.6 Å². The van der Waals surface area contributed by atoms with E-state index in [1.807, 2.05) is 0 Å². The number of hydroxylamine groups is 1. The molecule has 0 bridgehead atoms. The molecule has 1 aromatic heterocycles. The molecule has 3 aromatic rings. The summed E-state index contributed by atoms with van der Waals surface area (Å²) in [6.45, 7) is 0.114. The predicted octanol–water partition coefficient (Wildman–Crippen LogP) is -4.16. The maximum atomic E-state index is 13.1. The number of carboxylic acids is 1. The standard InChI is InChI=1S/C26H25N7O9S3.Na/c1-32(42-8-11-4-6-13(40-2)7-5-11)17-18(34)19(35)20(17)43-9-12-10-44-24-15(23(37)33(24)16(12)25(38)39)28-22(36)14(30-41-3)21-29-26(27)45-31-21;/h4-7,15,24H,8-10H2,1-3H3,(H,28,36)(H,38,39)(H2,27,29,31);/q;+1/p-1/b30-14-;/t15-,24-;/m1./s1. The smallest absolute Gasteiger partial charge is 0.543 e. The average Bonchev–Trinajstić information content (AvgIpc) is 3.47. The van der Waals surface area contributed by atoms with Gasteiger partial charge in [-0.2, -0.15) is 9.36 Å². The number of carboxylic acid groups (broad SMARTS) is 1. The number of methoxy groups -OCH3 is 1. The second kappa shape index (κ2) is 15.0. The maximum Gasteiger partial charge on any atom is 1.00 e. The Hall–Kier alpha value is -3.46. The van der Waals surface area contributed by atoms with Gasteiger partial charge in [0, 0.05) is 30.1 Å². The van der Waals surface area contributed by atoms with Gasteiger partial charge in [0.2, 0.25) is 17.0 Å². The Labute approximate surface area is 295 Å². The molecule has 2 aliphatic heterocycles. The molecule has 3 heterocycles. The van der Waals surface area contributed by atoms with Gasteiger partial charge in [0.05, 0.1) is 30.3 Å². The summed E-state index contributed by atoms with van der Waals surface area (Å²) in [5.41, 5.74) is 4.62. The Bertz CT molecular complexity index is 1790. The van der Waals surface area contributed by atoms with Gasteiger partial charge >= 0.3 is 29.6 Å². The summed E-state index contributed by atoms with van der Waals surface area (Å²) in [7, 11) is 4.26. The number of hydrogen-bond acceptors (Lipinski definition) is 17. The number of amides is 2. The number of oxime groups is 1. The summed E-state index contributed by atoms with van der Waals surface area (Å²) < 4.78 is 9.06. The van der Waals surface area contributed by atoms with Crippen molar-refractivity contribution in [1.29, 1.82) is 0 Å². The Morgan fingerprint density at radius 3 is 2.54 bits per heavy atom. The topological polar surface area (TPSA) is 219 Å². The van der Waals surface area contributed by atoms with E-state index in [0.29, 0.717) is 11.3 Å². The molecular weight excluding hydrogens is 674 g/mol. The fraction of sp³-hybridized carbons (Fsp3) is 0.308. The van der Waals surface area contributed by atoms with Crippen molar-refractivity contribution < 1.29 is 63.5 Å². The average molecular weight is 698 g/mol. The van der Waals surface area contributed by atoms with Crippen molar-refractivity contribution in [2.24, 2.45) is 5.16 Å². The van der Waals surface area contributed by atoms with Crippen LogP contribution in [0.3, 0.4) is 0 Å². The minimum Gasteiger partial charge on any atom is -0.543 e. The van der Waals surface area contributed by atoms with Gasteiger partial charge in [-0.3, -0.25) is 34.0 Å². The van der Waals surface area contributed by atoms with Crippen LogP contribution in [0, 0.1) is 0 Å². The third-order valence-electron chi connectivity index (χ3n) is 6.71. The van der Waals surface area contributed by atoms with Crippen LogP contribution in [0.1, 0.15) is 11.4 Å². The molecule has 1 saturated heterocycles. The number of hydrogen-bond donors (Lipinski definition) is 2. The number of ether oxygens (including phenoxy) is 1. The van der Waals surface area contributed by atoms with E-state index in [4.69, 9.17) is 20.1 Å². The van der Waals surface area contributed by atoms with Crippen molar-refractivity contribution in [1.82, 2.24) is 19.6 Å². The maximum absolute atomic E-state index is 13.1. The number of nitrogens with two attached hydrogens (primary N) is 1. The molecule has 2 aliphatic rings. The van der Waals surface area contributed by atoms with Gasteiger partial charge in [0.15, 0.2) is 5.13 Å². The number of aliphatic carboxylic acids is 1. The third-order valence-corrected chi connectivity index (χ3v) is 9.75. The first-order valence-electron chi connectivity index (χ1n) is 12.9. The van der Waals surface area contributed by atoms with E-state index in [1.54, 1.807) is 31.4 Å². The predicted molar refractivity (Wildman–Crippen MR) is 163 cm³/mol. The van der Waals surface area contributed by atoms with Gasteiger partial charge < -0.3 is 30.5 Å². The number of nitrogens with one attached hydrogen (secondary N) is 1. The normalized spacial score (nSPS) is 17.6. The number of thioether (sulfide) groups is 2. The fourth-order valence-electron chi connectivity index (χ4n) is 4.49. The van der Waals surface area contributed by atoms with Crippen molar-refractivity contribution in [3.05, 3.63) is 67.4 Å². The van der Waals surface area contributed by atoms with Crippen LogP contribution >= 0.6 is 35.1 Å². The van der Waals surface area contributed by atoms with E-state index in [0.717, 1.165) is 33.8 Å². The summed E-state index contributed by atoms with van der Waals surface area (Å²) in [5.74, 6) is -2.40. The minimum atomic E-state index is -1.59. The van der Waals surface area contributed by atoms with Gasteiger partial charge in [0.25, 0.3) is 17.2 Å². The molecule has 2 amide bonds. The van der Waals surface area contributed by atoms with Crippen molar-refractivity contribution in [2.45, 2.75) is 22.9 Å². The zero-order chi connectivity index (χ0) is 32.4. The number of rotatable bonds is 13. The number of anilines is 2. The molecular formula is C26H24N7NaO9S3. The van der Waals surface area contributed by atoms with Crippen molar-refractivity contribution in [3.8, 4) is 5.75 Å². The summed E-state index contributed by atoms with van der Waals surface area (Å²) in [4.78, 5) is 78.4. The molecule has 0 unspecified atom stereocenters. The summed E-state index contributed by atoms with van der Waals surface area (Å²) in [6, 6.07) is 6.02. The first-order valence-corrected chi connectivity index (χ1v) is 15.7.